The normalized spacial score (nSPS) is 15.4. The second kappa shape index (κ2) is 4.58. The van der Waals surface area contributed by atoms with Crippen LogP contribution in [0, 0.1) is 6.92 Å². The van der Waals surface area contributed by atoms with Crippen LogP contribution in [0.15, 0.2) is 42.5 Å². The number of rotatable bonds is 2. The molecule has 3 rings (SSSR count). The van der Waals surface area contributed by atoms with Crippen molar-refractivity contribution in [2.75, 3.05) is 0 Å². The van der Waals surface area contributed by atoms with Gasteiger partial charge in [-0.25, -0.2) is 0 Å². The number of fused-ring (bicyclic) bond motifs is 1. The molecule has 0 spiro atoms. The quantitative estimate of drug-likeness (QED) is 0.848. The van der Waals surface area contributed by atoms with Crippen molar-refractivity contribution in [2.24, 2.45) is 0 Å². The van der Waals surface area contributed by atoms with Gasteiger partial charge in [0.05, 0.1) is 0 Å². The SMILES string of the molecule is Cc1cccc(C(O)c2ccc3c(c2)CCC3)c1. The van der Waals surface area contributed by atoms with Gasteiger partial charge in [-0.15, -0.1) is 0 Å². The Kier molecular flexibility index (Phi) is 2.92. The summed E-state index contributed by atoms with van der Waals surface area (Å²) < 4.78 is 0. The van der Waals surface area contributed by atoms with E-state index in [0.29, 0.717) is 0 Å². The Hall–Kier alpha value is -1.60. The van der Waals surface area contributed by atoms with Crippen LogP contribution in [-0.2, 0) is 12.8 Å². The van der Waals surface area contributed by atoms with Crippen LogP contribution in [-0.4, -0.2) is 5.11 Å². The fraction of sp³-hybridized carbons (Fsp3) is 0.294. The van der Waals surface area contributed by atoms with Crippen molar-refractivity contribution in [3.63, 3.8) is 0 Å². The van der Waals surface area contributed by atoms with Gasteiger partial charge >= 0.3 is 0 Å². The van der Waals surface area contributed by atoms with E-state index in [1.54, 1.807) is 0 Å². The van der Waals surface area contributed by atoms with Crippen molar-refractivity contribution < 1.29 is 5.11 Å². The molecule has 1 heteroatoms. The predicted octanol–water partition coefficient (Wildman–Crippen LogP) is 3.57. The minimum absolute atomic E-state index is 0.504. The van der Waals surface area contributed by atoms with Gasteiger partial charge in [0.2, 0.25) is 0 Å². The Balaban J connectivity index is 1.95. The zero-order valence-electron chi connectivity index (χ0n) is 10.7. The molecule has 0 fully saturated rings. The van der Waals surface area contributed by atoms with Crippen LogP contribution in [0.25, 0.3) is 0 Å². The second-order valence-corrected chi connectivity index (χ2v) is 5.20. The van der Waals surface area contributed by atoms with Gasteiger partial charge < -0.3 is 5.11 Å². The number of hydrogen-bond donors (Lipinski definition) is 1. The van der Waals surface area contributed by atoms with E-state index in [-0.39, 0.29) is 0 Å². The molecule has 1 N–H and O–H groups in total. The molecule has 0 saturated heterocycles. The molecule has 1 unspecified atom stereocenters. The monoisotopic (exact) mass is 238 g/mol. The highest BCUT2D eigenvalue weighted by molar-refractivity contribution is 5.39. The van der Waals surface area contributed by atoms with Crippen LogP contribution in [0.2, 0.25) is 0 Å². The molecule has 0 aromatic heterocycles. The lowest BCUT2D eigenvalue weighted by Crippen LogP contribution is -2.01. The van der Waals surface area contributed by atoms with Crippen LogP contribution in [0.4, 0.5) is 0 Å². The van der Waals surface area contributed by atoms with Crippen LogP contribution in [0.3, 0.4) is 0 Å². The van der Waals surface area contributed by atoms with E-state index in [1.807, 2.05) is 12.1 Å². The standard InChI is InChI=1S/C17H18O/c1-12-4-2-7-15(10-12)17(18)16-9-8-13-5-3-6-14(13)11-16/h2,4,7-11,17-18H,3,5-6H2,1H3. The number of hydrogen-bond acceptors (Lipinski definition) is 1. The molecule has 0 radical (unpaired) electrons. The van der Waals surface area contributed by atoms with Crippen molar-refractivity contribution in [1.29, 1.82) is 0 Å². The smallest absolute Gasteiger partial charge is 0.104 e. The third kappa shape index (κ3) is 2.06. The predicted molar refractivity (Wildman–Crippen MR) is 73.7 cm³/mol. The molecular weight excluding hydrogens is 220 g/mol. The molecule has 0 amide bonds. The molecule has 1 aliphatic carbocycles. The Morgan fingerprint density at radius 2 is 1.72 bits per heavy atom. The average Bonchev–Trinajstić information content (AvgIpc) is 2.85. The van der Waals surface area contributed by atoms with Crippen LogP contribution < -0.4 is 0 Å². The summed E-state index contributed by atoms with van der Waals surface area (Å²) in [5.74, 6) is 0. The van der Waals surface area contributed by atoms with Gasteiger partial charge in [0.1, 0.15) is 6.10 Å². The first-order chi connectivity index (χ1) is 8.74. The van der Waals surface area contributed by atoms with E-state index in [0.717, 1.165) is 17.5 Å². The Labute approximate surface area is 108 Å². The molecule has 18 heavy (non-hydrogen) atoms. The fourth-order valence-corrected chi connectivity index (χ4v) is 2.79. The molecule has 1 atom stereocenters. The van der Waals surface area contributed by atoms with Gasteiger partial charge in [-0.1, -0.05) is 48.0 Å². The molecule has 0 bridgehead atoms. The number of aliphatic hydroxyl groups excluding tert-OH is 1. The summed E-state index contributed by atoms with van der Waals surface area (Å²) in [6, 6.07) is 14.5. The molecule has 0 heterocycles. The van der Waals surface area contributed by atoms with Gasteiger partial charge in [0.25, 0.3) is 0 Å². The van der Waals surface area contributed by atoms with Crippen molar-refractivity contribution in [3.05, 3.63) is 70.3 Å². The largest absolute Gasteiger partial charge is 0.384 e. The third-order valence-corrected chi connectivity index (χ3v) is 3.80. The van der Waals surface area contributed by atoms with E-state index in [4.69, 9.17) is 0 Å². The zero-order valence-corrected chi connectivity index (χ0v) is 10.7. The van der Waals surface area contributed by atoms with E-state index >= 15 is 0 Å². The molecule has 2 aromatic carbocycles. The van der Waals surface area contributed by atoms with E-state index < -0.39 is 6.10 Å². The lowest BCUT2D eigenvalue weighted by Gasteiger charge is -2.13. The molecule has 1 nitrogen and oxygen atoms in total. The van der Waals surface area contributed by atoms with Gasteiger partial charge in [-0.2, -0.15) is 0 Å². The average molecular weight is 238 g/mol. The highest BCUT2D eigenvalue weighted by atomic mass is 16.3. The van der Waals surface area contributed by atoms with Crippen molar-refractivity contribution in [1.82, 2.24) is 0 Å². The number of benzene rings is 2. The number of aliphatic hydroxyl groups is 1. The fourth-order valence-electron chi connectivity index (χ4n) is 2.79. The van der Waals surface area contributed by atoms with E-state index in [2.05, 4.69) is 37.3 Å². The first-order valence-electron chi connectivity index (χ1n) is 6.60. The highest BCUT2D eigenvalue weighted by Gasteiger charge is 2.15. The minimum Gasteiger partial charge on any atom is -0.384 e. The topological polar surface area (TPSA) is 20.2 Å². The van der Waals surface area contributed by atoms with Gasteiger partial charge in [-0.05, 0) is 48.4 Å². The summed E-state index contributed by atoms with van der Waals surface area (Å²) in [7, 11) is 0. The lowest BCUT2D eigenvalue weighted by molar-refractivity contribution is 0.220. The molecule has 92 valence electrons. The molecule has 1 aliphatic rings. The maximum atomic E-state index is 10.4. The minimum atomic E-state index is -0.504. The van der Waals surface area contributed by atoms with Gasteiger partial charge in [-0.3, -0.25) is 0 Å². The van der Waals surface area contributed by atoms with Crippen molar-refractivity contribution in [2.45, 2.75) is 32.3 Å². The third-order valence-electron chi connectivity index (χ3n) is 3.80. The summed E-state index contributed by atoms with van der Waals surface area (Å²) in [6.45, 7) is 2.05. The summed E-state index contributed by atoms with van der Waals surface area (Å²) in [5, 5.41) is 10.4. The first kappa shape index (κ1) is 11.5. The summed E-state index contributed by atoms with van der Waals surface area (Å²) >= 11 is 0. The first-order valence-corrected chi connectivity index (χ1v) is 6.60. The van der Waals surface area contributed by atoms with Crippen LogP contribution >= 0.6 is 0 Å². The molecular formula is C17H18O. The second-order valence-electron chi connectivity index (χ2n) is 5.20. The maximum absolute atomic E-state index is 10.4. The summed E-state index contributed by atoms with van der Waals surface area (Å²) in [6.07, 6.45) is 3.09. The Morgan fingerprint density at radius 1 is 0.944 bits per heavy atom. The summed E-state index contributed by atoms with van der Waals surface area (Å²) in [5.41, 5.74) is 6.05. The zero-order chi connectivity index (χ0) is 12.5. The van der Waals surface area contributed by atoms with E-state index in [9.17, 15) is 5.11 Å². The molecule has 0 aliphatic heterocycles. The van der Waals surface area contributed by atoms with Gasteiger partial charge in [0.15, 0.2) is 0 Å². The van der Waals surface area contributed by atoms with Crippen LogP contribution in [0.5, 0.6) is 0 Å². The summed E-state index contributed by atoms with van der Waals surface area (Å²) in [4.78, 5) is 0. The van der Waals surface area contributed by atoms with Gasteiger partial charge in [0, 0.05) is 0 Å². The highest BCUT2D eigenvalue weighted by Crippen LogP contribution is 2.28. The number of aryl methyl sites for hydroxylation is 3. The Bertz CT molecular complexity index is 572. The lowest BCUT2D eigenvalue weighted by atomic mass is 9.97. The van der Waals surface area contributed by atoms with Crippen molar-refractivity contribution >= 4 is 0 Å². The van der Waals surface area contributed by atoms with E-state index in [1.165, 1.54) is 29.5 Å². The molecule has 0 saturated carbocycles. The van der Waals surface area contributed by atoms with Crippen LogP contribution in [0.1, 0.15) is 40.3 Å². The Morgan fingerprint density at radius 3 is 2.56 bits per heavy atom. The van der Waals surface area contributed by atoms with Crippen molar-refractivity contribution in [3.8, 4) is 0 Å². The maximum Gasteiger partial charge on any atom is 0.104 e. The molecule has 2 aromatic rings.